The fourth-order valence-corrected chi connectivity index (χ4v) is 4.55. The van der Waals surface area contributed by atoms with Gasteiger partial charge in [-0.3, -0.25) is 4.79 Å². The van der Waals surface area contributed by atoms with Crippen LogP contribution in [-0.4, -0.2) is 40.1 Å². The predicted octanol–water partition coefficient (Wildman–Crippen LogP) is 3.21. The topological polar surface area (TPSA) is 44.4 Å². The first kappa shape index (κ1) is 18.5. The zero-order valence-corrected chi connectivity index (χ0v) is 16.0. The summed E-state index contributed by atoms with van der Waals surface area (Å²) in [5.41, 5.74) is 0.0709. The monoisotopic (exact) mass is 339 g/mol. The lowest BCUT2D eigenvalue weighted by Gasteiger charge is -2.44. The molecule has 1 heterocycles. The average Bonchev–Trinajstić information content (AvgIpc) is 2.43. The van der Waals surface area contributed by atoms with Crippen molar-refractivity contribution in [1.29, 1.82) is 0 Å². The minimum absolute atomic E-state index is 0.0709. The molecule has 0 aromatic rings. The van der Waals surface area contributed by atoms with Gasteiger partial charge in [0.15, 0.2) is 5.11 Å². The first-order valence-corrected chi connectivity index (χ1v) is 9.57. The lowest BCUT2D eigenvalue weighted by atomic mass is 9.86. The van der Waals surface area contributed by atoms with E-state index in [1.807, 2.05) is 0 Å². The van der Waals surface area contributed by atoms with E-state index in [9.17, 15) is 4.79 Å². The molecule has 132 valence electrons. The molecular formula is C18H33N3OS. The van der Waals surface area contributed by atoms with E-state index in [2.05, 4.69) is 43.2 Å². The third kappa shape index (κ3) is 5.33. The molecule has 0 spiro atoms. The Labute approximate surface area is 146 Å². The Hall–Kier alpha value is -0.840. The van der Waals surface area contributed by atoms with Gasteiger partial charge in [0.1, 0.15) is 0 Å². The first-order valence-electron chi connectivity index (χ1n) is 9.16. The van der Waals surface area contributed by atoms with Gasteiger partial charge in [-0.15, -0.1) is 0 Å². The van der Waals surface area contributed by atoms with Gasteiger partial charge in [-0.2, -0.15) is 0 Å². The molecule has 0 bridgehead atoms. The van der Waals surface area contributed by atoms with Crippen molar-refractivity contribution in [2.75, 3.05) is 6.54 Å². The maximum Gasteiger partial charge on any atom is 0.220 e. The number of hydrogen-bond acceptors (Lipinski definition) is 2. The number of carbonyl (C=O) groups is 1. The quantitative estimate of drug-likeness (QED) is 0.755. The smallest absolute Gasteiger partial charge is 0.220 e. The number of nitrogens with zero attached hydrogens (tertiary/aromatic N) is 1. The Morgan fingerprint density at radius 2 is 2.04 bits per heavy atom. The SMILES string of the molecule is CC1CCCCC1NC(=O)CCCN1C(=S)NC(C)(C)CC1C. The van der Waals surface area contributed by atoms with Crippen molar-refractivity contribution in [1.82, 2.24) is 15.5 Å². The van der Waals surface area contributed by atoms with Gasteiger partial charge in [0.05, 0.1) is 0 Å². The Bertz CT molecular complexity index is 438. The number of rotatable bonds is 5. The van der Waals surface area contributed by atoms with Gasteiger partial charge >= 0.3 is 0 Å². The number of hydrogen-bond donors (Lipinski definition) is 2. The molecule has 4 nitrogen and oxygen atoms in total. The van der Waals surface area contributed by atoms with Gasteiger partial charge in [-0.1, -0.05) is 19.8 Å². The molecule has 0 aromatic carbocycles. The molecule has 1 saturated heterocycles. The largest absolute Gasteiger partial charge is 0.358 e. The molecule has 3 unspecified atom stereocenters. The molecule has 5 heteroatoms. The van der Waals surface area contributed by atoms with Crippen LogP contribution in [0.25, 0.3) is 0 Å². The van der Waals surface area contributed by atoms with Crippen LogP contribution in [0, 0.1) is 5.92 Å². The summed E-state index contributed by atoms with van der Waals surface area (Å²) >= 11 is 5.49. The summed E-state index contributed by atoms with van der Waals surface area (Å²) in [6, 6.07) is 0.814. The van der Waals surface area contributed by atoms with Crippen molar-refractivity contribution in [2.24, 2.45) is 5.92 Å². The Morgan fingerprint density at radius 3 is 2.70 bits per heavy atom. The summed E-state index contributed by atoms with van der Waals surface area (Å²) in [6.07, 6.45) is 7.46. The highest BCUT2D eigenvalue weighted by atomic mass is 32.1. The van der Waals surface area contributed by atoms with Gasteiger partial charge < -0.3 is 15.5 Å². The predicted molar refractivity (Wildman–Crippen MR) is 99.4 cm³/mol. The molecule has 2 aliphatic rings. The van der Waals surface area contributed by atoms with Crippen molar-refractivity contribution in [2.45, 2.75) is 90.3 Å². The lowest BCUT2D eigenvalue weighted by molar-refractivity contribution is -0.122. The van der Waals surface area contributed by atoms with Crippen LogP contribution >= 0.6 is 12.2 Å². The van der Waals surface area contributed by atoms with Crippen LogP contribution < -0.4 is 10.6 Å². The van der Waals surface area contributed by atoms with Crippen LogP contribution in [0.2, 0.25) is 0 Å². The highest BCUT2D eigenvalue weighted by molar-refractivity contribution is 7.80. The summed E-state index contributed by atoms with van der Waals surface area (Å²) in [7, 11) is 0. The molecular weight excluding hydrogens is 306 g/mol. The fourth-order valence-electron chi connectivity index (χ4n) is 4.00. The standard InChI is InChI=1S/C18H33N3OS/c1-13-8-5-6-9-15(13)19-16(22)10-7-11-21-14(2)12-18(3,4)20-17(21)23/h13-15H,5-12H2,1-4H3,(H,19,22)(H,20,23). The van der Waals surface area contributed by atoms with Gasteiger partial charge in [0.25, 0.3) is 0 Å². The van der Waals surface area contributed by atoms with Gasteiger partial charge in [-0.05, 0) is 64.6 Å². The molecule has 0 aromatic heterocycles. The minimum Gasteiger partial charge on any atom is -0.358 e. The number of amides is 1. The van der Waals surface area contributed by atoms with Gasteiger partial charge in [0, 0.05) is 30.6 Å². The van der Waals surface area contributed by atoms with Gasteiger partial charge in [0.2, 0.25) is 5.91 Å². The second-order valence-electron chi connectivity index (χ2n) is 8.10. The second kappa shape index (κ2) is 7.82. The Kier molecular flexibility index (Phi) is 6.29. The van der Waals surface area contributed by atoms with Gasteiger partial charge in [-0.25, -0.2) is 0 Å². The molecule has 3 atom stereocenters. The number of carbonyl (C=O) groups excluding carboxylic acids is 1. The maximum absolute atomic E-state index is 12.2. The average molecular weight is 340 g/mol. The van der Waals surface area contributed by atoms with Crippen LogP contribution in [0.15, 0.2) is 0 Å². The Morgan fingerprint density at radius 1 is 1.35 bits per heavy atom. The normalized spacial score (nSPS) is 30.7. The van der Waals surface area contributed by atoms with Crippen molar-refractivity contribution in [3.8, 4) is 0 Å². The van der Waals surface area contributed by atoms with E-state index in [0.717, 1.165) is 30.9 Å². The summed E-state index contributed by atoms with van der Waals surface area (Å²) < 4.78 is 0. The highest BCUT2D eigenvalue weighted by Crippen LogP contribution is 2.24. The van der Waals surface area contributed by atoms with Crippen LogP contribution in [0.4, 0.5) is 0 Å². The molecule has 1 amide bonds. The molecule has 1 aliphatic carbocycles. The number of thiocarbonyl (C=S) groups is 1. The third-order valence-electron chi connectivity index (χ3n) is 5.30. The van der Waals surface area contributed by atoms with E-state index < -0.39 is 0 Å². The Balaban J connectivity index is 1.72. The van der Waals surface area contributed by atoms with Crippen molar-refractivity contribution in [3.63, 3.8) is 0 Å². The van der Waals surface area contributed by atoms with Crippen molar-refractivity contribution in [3.05, 3.63) is 0 Å². The molecule has 2 N–H and O–H groups in total. The summed E-state index contributed by atoms with van der Waals surface area (Å²) in [4.78, 5) is 14.4. The maximum atomic E-state index is 12.2. The van der Waals surface area contributed by atoms with Crippen LogP contribution in [0.5, 0.6) is 0 Å². The first-order chi connectivity index (χ1) is 10.8. The van der Waals surface area contributed by atoms with Crippen molar-refractivity contribution < 1.29 is 4.79 Å². The minimum atomic E-state index is 0.0709. The van der Waals surface area contributed by atoms with E-state index in [1.54, 1.807) is 0 Å². The van der Waals surface area contributed by atoms with Crippen molar-refractivity contribution >= 4 is 23.2 Å². The summed E-state index contributed by atoms with van der Waals surface area (Å²) in [5, 5.41) is 7.47. The van der Waals surface area contributed by atoms with Crippen LogP contribution in [-0.2, 0) is 4.79 Å². The molecule has 1 aliphatic heterocycles. The zero-order valence-electron chi connectivity index (χ0n) is 15.2. The molecule has 0 radical (unpaired) electrons. The fraction of sp³-hybridized carbons (Fsp3) is 0.889. The second-order valence-corrected chi connectivity index (χ2v) is 8.49. The number of nitrogens with one attached hydrogen (secondary N) is 2. The zero-order chi connectivity index (χ0) is 17.0. The lowest BCUT2D eigenvalue weighted by Crippen LogP contribution is -2.60. The molecule has 2 rings (SSSR count). The van der Waals surface area contributed by atoms with E-state index in [0.29, 0.717) is 24.4 Å². The van der Waals surface area contributed by atoms with E-state index >= 15 is 0 Å². The molecule has 1 saturated carbocycles. The van der Waals surface area contributed by atoms with E-state index in [4.69, 9.17) is 12.2 Å². The third-order valence-corrected chi connectivity index (χ3v) is 5.64. The highest BCUT2D eigenvalue weighted by Gasteiger charge is 2.32. The molecule has 2 fully saturated rings. The van der Waals surface area contributed by atoms with E-state index in [1.165, 1.54) is 19.3 Å². The van der Waals surface area contributed by atoms with Crippen LogP contribution in [0.1, 0.15) is 72.6 Å². The van der Waals surface area contributed by atoms with Crippen LogP contribution in [0.3, 0.4) is 0 Å². The summed E-state index contributed by atoms with van der Waals surface area (Å²) in [6.45, 7) is 9.71. The molecule has 23 heavy (non-hydrogen) atoms. The summed E-state index contributed by atoms with van der Waals surface area (Å²) in [5.74, 6) is 0.821. The van der Waals surface area contributed by atoms with E-state index in [-0.39, 0.29) is 11.4 Å².